The van der Waals surface area contributed by atoms with E-state index in [2.05, 4.69) is 4.90 Å². The molecule has 1 aromatic carbocycles. The minimum atomic E-state index is -2.91. The fourth-order valence-electron chi connectivity index (χ4n) is 2.43. The Kier molecular flexibility index (Phi) is 4.83. The predicted octanol–water partition coefficient (Wildman–Crippen LogP) is 2.03. The number of rotatable bonds is 4. The molecule has 2 rings (SSSR count). The first-order valence-electron chi connectivity index (χ1n) is 6.61. The first-order chi connectivity index (χ1) is 9.39. The van der Waals surface area contributed by atoms with Crippen molar-refractivity contribution in [1.29, 1.82) is 0 Å². The van der Waals surface area contributed by atoms with Crippen molar-refractivity contribution in [3.05, 3.63) is 34.9 Å². The van der Waals surface area contributed by atoms with E-state index in [1.807, 2.05) is 6.92 Å². The maximum atomic E-state index is 12.1. The lowest BCUT2D eigenvalue weighted by atomic mass is 10.1. The number of ketones is 1. The van der Waals surface area contributed by atoms with Gasteiger partial charge in [-0.05, 0) is 19.1 Å². The Balaban J connectivity index is 1.93. The van der Waals surface area contributed by atoms with Gasteiger partial charge in [0.2, 0.25) is 0 Å². The van der Waals surface area contributed by atoms with Crippen molar-refractivity contribution in [2.24, 2.45) is 0 Å². The molecule has 0 bridgehead atoms. The van der Waals surface area contributed by atoms with Crippen molar-refractivity contribution in [3.8, 4) is 0 Å². The monoisotopic (exact) mass is 315 g/mol. The molecule has 4 nitrogen and oxygen atoms in total. The van der Waals surface area contributed by atoms with E-state index in [-0.39, 0.29) is 23.3 Å². The Morgan fingerprint density at radius 1 is 1.40 bits per heavy atom. The van der Waals surface area contributed by atoms with E-state index in [1.54, 1.807) is 24.3 Å². The maximum Gasteiger partial charge on any atom is 0.165 e. The summed E-state index contributed by atoms with van der Waals surface area (Å²) in [5, 5.41) is 0.465. The van der Waals surface area contributed by atoms with Crippen LogP contribution in [0.1, 0.15) is 23.7 Å². The highest BCUT2D eigenvalue weighted by atomic mass is 35.5. The van der Waals surface area contributed by atoms with Gasteiger partial charge in [-0.1, -0.05) is 23.7 Å². The van der Waals surface area contributed by atoms with Crippen molar-refractivity contribution >= 4 is 27.2 Å². The van der Waals surface area contributed by atoms with Crippen LogP contribution in [-0.4, -0.2) is 49.7 Å². The molecule has 1 aliphatic heterocycles. The second kappa shape index (κ2) is 6.24. The second-order valence-electron chi connectivity index (χ2n) is 5.15. The number of hydrogen-bond acceptors (Lipinski definition) is 4. The Labute approximate surface area is 124 Å². The summed E-state index contributed by atoms with van der Waals surface area (Å²) in [5.41, 5.74) is 0.534. The van der Waals surface area contributed by atoms with Gasteiger partial charge in [0.15, 0.2) is 15.6 Å². The average molecular weight is 316 g/mol. The van der Waals surface area contributed by atoms with Crippen LogP contribution in [0.25, 0.3) is 0 Å². The number of hydrogen-bond donors (Lipinski definition) is 0. The summed E-state index contributed by atoms with van der Waals surface area (Å²) in [4.78, 5) is 14.2. The molecule has 1 aromatic rings. The Hall–Kier alpha value is -0.910. The molecule has 1 heterocycles. The molecule has 0 amide bonds. The van der Waals surface area contributed by atoms with Crippen LogP contribution in [0.5, 0.6) is 0 Å². The van der Waals surface area contributed by atoms with Gasteiger partial charge in [-0.3, -0.25) is 9.69 Å². The van der Waals surface area contributed by atoms with E-state index < -0.39 is 9.84 Å². The molecule has 1 unspecified atom stereocenters. The van der Waals surface area contributed by atoms with Gasteiger partial charge in [-0.25, -0.2) is 8.42 Å². The van der Waals surface area contributed by atoms with E-state index >= 15 is 0 Å². The Morgan fingerprint density at radius 3 is 2.75 bits per heavy atom. The first-order valence-corrected chi connectivity index (χ1v) is 8.81. The fourth-order valence-corrected chi connectivity index (χ4v) is 4.30. The lowest BCUT2D eigenvalue weighted by molar-refractivity contribution is 0.0957. The molecule has 1 aliphatic rings. The Bertz CT molecular complexity index is 600. The summed E-state index contributed by atoms with van der Waals surface area (Å²) in [6.07, 6.45) is 0.355. The van der Waals surface area contributed by atoms with Gasteiger partial charge in [-0.15, -0.1) is 0 Å². The highest BCUT2D eigenvalue weighted by Gasteiger charge is 2.28. The van der Waals surface area contributed by atoms with Crippen LogP contribution in [0.2, 0.25) is 5.02 Å². The van der Waals surface area contributed by atoms with Crippen LogP contribution >= 0.6 is 11.6 Å². The van der Waals surface area contributed by atoms with Crippen LogP contribution in [0.3, 0.4) is 0 Å². The van der Waals surface area contributed by atoms with Crippen molar-refractivity contribution in [2.45, 2.75) is 19.4 Å². The zero-order valence-corrected chi connectivity index (χ0v) is 13.0. The molecule has 0 saturated carbocycles. The molecule has 1 saturated heterocycles. The molecule has 6 heteroatoms. The van der Waals surface area contributed by atoms with Crippen molar-refractivity contribution < 1.29 is 13.2 Å². The maximum absolute atomic E-state index is 12.1. The van der Waals surface area contributed by atoms with Crippen LogP contribution in [0.4, 0.5) is 0 Å². The summed E-state index contributed by atoms with van der Waals surface area (Å²) in [6.45, 7) is 2.96. The van der Waals surface area contributed by atoms with Gasteiger partial charge >= 0.3 is 0 Å². The molecule has 1 fully saturated rings. The smallest absolute Gasteiger partial charge is 0.165 e. The zero-order valence-electron chi connectivity index (χ0n) is 11.4. The van der Waals surface area contributed by atoms with E-state index in [0.29, 0.717) is 30.1 Å². The number of halogens is 1. The van der Waals surface area contributed by atoms with Gasteiger partial charge in [-0.2, -0.15) is 0 Å². The molecule has 0 aromatic heterocycles. The molecule has 0 N–H and O–H groups in total. The third kappa shape index (κ3) is 3.81. The number of benzene rings is 1. The van der Waals surface area contributed by atoms with Crippen molar-refractivity contribution in [3.63, 3.8) is 0 Å². The minimum absolute atomic E-state index is 0.00349. The summed E-state index contributed by atoms with van der Waals surface area (Å²) in [6, 6.07) is 6.96. The zero-order chi connectivity index (χ0) is 14.8. The Morgan fingerprint density at radius 2 is 2.10 bits per heavy atom. The SMILES string of the molecule is CC1CS(=O)(=O)CCN1CCC(=O)c1ccccc1Cl. The van der Waals surface area contributed by atoms with Gasteiger partial charge in [0.05, 0.1) is 16.5 Å². The fraction of sp³-hybridized carbons (Fsp3) is 0.500. The molecule has 1 atom stereocenters. The van der Waals surface area contributed by atoms with Crippen LogP contribution in [-0.2, 0) is 9.84 Å². The number of Topliss-reactive ketones (excluding diaryl/α,β-unsaturated/α-hetero) is 1. The molecular formula is C14H18ClNO3S. The van der Waals surface area contributed by atoms with Crippen molar-refractivity contribution in [2.75, 3.05) is 24.6 Å². The van der Waals surface area contributed by atoms with Gasteiger partial charge in [0.1, 0.15) is 0 Å². The standard InChI is InChI=1S/C14H18ClNO3S/c1-11-10-20(18,19)9-8-16(11)7-6-14(17)12-4-2-3-5-13(12)15/h2-5,11H,6-10H2,1H3. The van der Waals surface area contributed by atoms with E-state index in [1.165, 1.54) is 0 Å². The normalized spacial score (nSPS) is 22.6. The summed E-state index contributed by atoms with van der Waals surface area (Å²) < 4.78 is 23.0. The molecular weight excluding hydrogens is 298 g/mol. The topological polar surface area (TPSA) is 54.5 Å². The third-order valence-corrected chi connectivity index (χ3v) is 5.73. The molecule has 0 radical (unpaired) electrons. The van der Waals surface area contributed by atoms with Crippen LogP contribution in [0, 0.1) is 0 Å². The second-order valence-corrected chi connectivity index (χ2v) is 7.79. The number of carbonyl (C=O) groups is 1. The highest BCUT2D eigenvalue weighted by molar-refractivity contribution is 7.91. The lowest BCUT2D eigenvalue weighted by Gasteiger charge is -2.32. The van der Waals surface area contributed by atoms with E-state index in [9.17, 15) is 13.2 Å². The number of carbonyl (C=O) groups excluding carboxylic acids is 1. The first kappa shape index (κ1) is 15.5. The largest absolute Gasteiger partial charge is 0.298 e. The summed E-state index contributed by atoms with van der Waals surface area (Å²) in [5.74, 6) is 0.349. The van der Waals surface area contributed by atoms with Crippen LogP contribution in [0.15, 0.2) is 24.3 Å². The summed E-state index contributed by atoms with van der Waals surface area (Å²) >= 11 is 5.99. The van der Waals surface area contributed by atoms with E-state index in [4.69, 9.17) is 11.6 Å². The molecule has 20 heavy (non-hydrogen) atoms. The molecule has 110 valence electrons. The van der Waals surface area contributed by atoms with Gasteiger partial charge in [0.25, 0.3) is 0 Å². The molecule has 0 spiro atoms. The average Bonchev–Trinajstić information content (AvgIpc) is 2.37. The third-order valence-electron chi connectivity index (χ3n) is 3.61. The van der Waals surface area contributed by atoms with E-state index in [0.717, 1.165) is 0 Å². The van der Waals surface area contributed by atoms with Crippen molar-refractivity contribution in [1.82, 2.24) is 4.90 Å². The van der Waals surface area contributed by atoms with Gasteiger partial charge in [0, 0.05) is 31.1 Å². The highest BCUT2D eigenvalue weighted by Crippen LogP contribution is 2.18. The minimum Gasteiger partial charge on any atom is -0.298 e. The lowest BCUT2D eigenvalue weighted by Crippen LogP contribution is -2.47. The number of nitrogens with zero attached hydrogens (tertiary/aromatic N) is 1. The number of sulfone groups is 1. The molecule has 0 aliphatic carbocycles. The van der Waals surface area contributed by atoms with Gasteiger partial charge < -0.3 is 0 Å². The quantitative estimate of drug-likeness (QED) is 0.798. The van der Waals surface area contributed by atoms with Crippen LogP contribution < -0.4 is 0 Å². The predicted molar refractivity (Wildman–Crippen MR) is 80.1 cm³/mol. The summed E-state index contributed by atoms with van der Waals surface area (Å²) in [7, 11) is -2.91.